The highest BCUT2D eigenvalue weighted by atomic mass is 35.5. The van der Waals surface area contributed by atoms with Gasteiger partial charge in [-0.15, -0.1) is 11.6 Å². The Morgan fingerprint density at radius 1 is 1.05 bits per heavy atom. The fraction of sp³-hybridized carbons (Fsp3) is 0.471. The molecule has 0 aliphatic heterocycles. The van der Waals surface area contributed by atoms with Crippen LogP contribution in [0.2, 0.25) is 0 Å². The van der Waals surface area contributed by atoms with Crippen LogP contribution in [0.1, 0.15) is 49.5 Å². The molecule has 1 aliphatic carbocycles. The van der Waals surface area contributed by atoms with Crippen LogP contribution >= 0.6 is 11.6 Å². The first-order valence-corrected chi connectivity index (χ1v) is 8.02. The third-order valence-electron chi connectivity index (χ3n) is 4.26. The molecule has 1 aromatic carbocycles. The first-order valence-electron chi connectivity index (χ1n) is 7.58. The molecule has 0 radical (unpaired) electrons. The van der Waals surface area contributed by atoms with E-state index < -0.39 is 0 Å². The smallest absolute Gasteiger partial charge is 0.0645 e. The van der Waals surface area contributed by atoms with Crippen LogP contribution in [-0.2, 0) is 0 Å². The summed E-state index contributed by atoms with van der Waals surface area (Å²) in [6.07, 6.45) is 11.9. The van der Waals surface area contributed by atoms with E-state index in [0.717, 1.165) is 11.3 Å². The van der Waals surface area contributed by atoms with Gasteiger partial charge in [-0.05, 0) is 30.9 Å². The van der Waals surface area contributed by atoms with Crippen molar-refractivity contribution < 1.29 is 0 Å². The molecule has 1 unspecified atom stereocenters. The molecule has 0 N–H and O–H groups in total. The van der Waals surface area contributed by atoms with Crippen molar-refractivity contribution in [2.75, 3.05) is 0 Å². The number of para-hydroxylation sites is 1. The van der Waals surface area contributed by atoms with Crippen LogP contribution in [0, 0.1) is 5.92 Å². The fourth-order valence-electron chi connectivity index (χ4n) is 3.08. The van der Waals surface area contributed by atoms with E-state index in [1.54, 1.807) is 0 Å². The number of alkyl halides is 1. The summed E-state index contributed by atoms with van der Waals surface area (Å²) >= 11 is 6.71. The lowest BCUT2D eigenvalue weighted by Gasteiger charge is -2.19. The zero-order valence-electron chi connectivity index (χ0n) is 11.7. The molecule has 1 heterocycles. The third-order valence-corrected chi connectivity index (χ3v) is 4.86. The van der Waals surface area contributed by atoms with Gasteiger partial charge in [0.15, 0.2) is 0 Å². The molecule has 1 fully saturated rings. The highest BCUT2D eigenvalue weighted by Gasteiger charge is 2.23. The summed E-state index contributed by atoms with van der Waals surface area (Å²) in [5.74, 6) is 0.604. The van der Waals surface area contributed by atoms with Gasteiger partial charge in [0.25, 0.3) is 0 Å². The lowest BCUT2D eigenvalue weighted by Crippen LogP contribution is -2.06. The van der Waals surface area contributed by atoms with E-state index >= 15 is 0 Å². The van der Waals surface area contributed by atoms with Crippen molar-refractivity contribution in [2.45, 2.75) is 43.9 Å². The van der Waals surface area contributed by atoms with Crippen LogP contribution in [0.25, 0.3) is 5.69 Å². The predicted octanol–water partition coefficient (Wildman–Crippen LogP) is 5.12. The van der Waals surface area contributed by atoms with Crippen LogP contribution in [0.5, 0.6) is 0 Å². The van der Waals surface area contributed by atoms with Crippen molar-refractivity contribution in [2.24, 2.45) is 5.92 Å². The zero-order chi connectivity index (χ0) is 13.8. The largest absolute Gasteiger partial charge is 0.241 e. The van der Waals surface area contributed by atoms with Crippen molar-refractivity contribution in [3.8, 4) is 5.69 Å². The van der Waals surface area contributed by atoms with Gasteiger partial charge < -0.3 is 0 Å². The Labute approximate surface area is 125 Å². The van der Waals surface area contributed by atoms with Crippen LogP contribution in [0.3, 0.4) is 0 Å². The van der Waals surface area contributed by atoms with Crippen molar-refractivity contribution in [3.05, 3.63) is 48.3 Å². The Morgan fingerprint density at radius 3 is 2.45 bits per heavy atom. The molecule has 3 heteroatoms. The van der Waals surface area contributed by atoms with Gasteiger partial charge in [-0.1, -0.05) is 43.9 Å². The Morgan fingerprint density at radius 2 is 1.75 bits per heavy atom. The van der Waals surface area contributed by atoms with Gasteiger partial charge >= 0.3 is 0 Å². The van der Waals surface area contributed by atoms with Crippen molar-refractivity contribution in [3.63, 3.8) is 0 Å². The quantitative estimate of drug-likeness (QED) is 0.566. The topological polar surface area (TPSA) is 17.8 Å². The minimum atomic E-state index is 0.102. The second-order valence-electron chi connectivity index (χ2n) is 5.71. The summed E-state index contributed by atoms with van der Waals surface area (Å²) in [7, 11) is 0. The summed E-state index contributed by atoms with van der Waals surface area (Å²) in [6, 6.07) is 10.2. The zero-order valence-corrected chi connectivity index (χ0v) is 12.5. The number of aromatic nitrogens is 2. The maximum absolute atomic E-state index is 6.71. The molecule has 1 aromatic heterocycles. The van der Waals surface area contributed by atoms with Gasteiger partial charge in [-0.2, -0.15) is 5.10 Å². The molecule has 0 saturated heterocycles. The summed E-state index contributed by atoms with van der Waals surface area (Å²) in [5.41, 5.74) is 2.24. The van der Waals surface area contributed by atoms with Crippen LogP contribution in [-0.4, -0.2) is 9.78 Å². The average molecular weight is 289 g/mol. The molecule has 3 rings (SSSR count). The van der Waals surface area contributed by atoms with Gasteiger partial charge in [0.2, 0.25) is 0 Å². The van der Waals surface area contributed by atoms with E-state index in [1.165, 1.54) is 38.5 Å². The van der Waals surface area contributed by atoms with E-state index in [9.17, 15) is 0 Å². The fourth-order valence-corrected chi connectivity index (χ4v) is 3.44. The van der Waals surface area contributed by atoms with Gasteiger partial charge in [0.1, 0.15) is 0 Å². The molecule has 2 aromatic rings. The molecule has 2 nitrogen and oxygen atoms in total. The molecule has 0 bridgehead atoms. The Balaban J connectivity index is 1.75. The number of rotatable bonds is 3. The normalized spacial score (nSPS) is 18.6. The summed E-state index contributed by atoms with van der Waals surface area (Å²) in [5, 5.41) is 4.56. The first kappa shape index (κ1) is 13.7. The maximum atomic E-state index is 6.71. The molecule has 20 heavy (non-hydrogen) atoms. The third kappa shape index (κ3) is 3.06. The SMILES string of the molecule is ClC(c1cnn(-c2ccccc2)c1)C1CCCCCC1. The lowest BCUT2D eigenvalue weighted by atomic mass is 9.93. The second kappa shape index (κ2) is 6.45. The van der Waals surface area contributed by atoms with E-state index in [4.69, 9.17) is 11.6 Å². The van der Waals surface area contributed by atoms with Crippen LogP contribution < -0.4 is 0 Å². The van der Waals surface area contributed by atoms with Crippen molar-refractivity contribution >= 4 is 11.6 Å². The number of benzene rings is 1. The first-order chi connectivity index (χ1) is 9.84. The van der Waals surface area contributed by atoms with Crippen molar-refractivity contribution in [1.29, 1.82) is 0 Å². The standard InChI is InChI=1S/C17H21ClN2/c18-17(14-8-4-1-2-5-9-14)15-12-19-20(13-15)16-10-6-3-7-11-16/h3,6-7,10-14,17H,1-2,4-5,8-9H2. The van der Waals surface area contributed by atoms with Gasteiger partial charge in [-0.3, -0.25) is 0 Å². The van der Waals surface area contributed by atoms with E-state index in [1.807, 2.05) is 29.1 Å². The average Bonchev–Trinajstić information content (AvgIpc) is 2.83. The van der Waals surface area contributed by atoms with E-state index in [0.29, 0.717) is 5.92 Å². The molecule has 0 spiro atoms. The second-order valence-corrected chi connectivity index (χ2v) is 6.18. The van der Waals surface area contributed by atoms with Gasteiger partial charge in [0.05, 0.1) is 17.3 Å². The number of halogens is 1. The van der Waals surface area contributed by atoms with Crippen LogP contribution in [0.4, 0.5) is 0 Å². The number of hydrogen-bond acceptors (Lipinski definition) is 1. The molecule has 1 saturated carbocycles. The molecule has 106 valence electrons. The minimum absolute atomic E-state index is 0.102. The van der Waals surface area contributed by atoms with E-state index in [2.05, 4.69) is 23.4 Å². The van der Waals surface area contributed by atoms with Gasteiger partial charge in [-0.25, -0.2) is 4.68 Å². The summed E-state index contributed by atoms with van der Waals surface area (Å²) in [6.45, 7) is 0. The number of hydrogen-bond donors (Lipinski definition) is 0. The molecular formula is C17H21ClN2. The lowest BCUT2D eigenvalue weighted by molar-refractivity contribution is 0.445. The molecule has 1 aliphatic rings. The van der Waals surface area contributed by atoms with E-state index in [-0.39, 0.29) is 5.38 Å². The predicted molar refractivity (Wildman–Crippen MR) is 83.4 cm³/mol. The highest BCUT2D eigenvalue weighted by molar-refractivity contribution is 6.21. The Kier molecular flexibility index (Phi) is 4.41. The monoisotopic (exact) mass is 288 g/mol. The van der Waals surface area contributed by atoms with Crippen molar-refractivity contribution in [1.82, 2.24) is 9.78 Å². The molecule has 1 atom stereocenters. The Bertz CT molecular complexity index is 527. The molecular weight excluding hydrogens is 268 g/mol. The summed E-state index contributed by atoms with van der Waals surface area (Å²) < 4.78 is 1.92. The van der Waals surface area contributed by atoms with Gasteiger partial charge in [0, 0.05) is 11.8 Å². The van der Waals surface area contributed by atoms with Crippen LogP contribution in [0.15, 0.2) is 42.7 Å². The maximum Gasteiger partial charge on any atom is 0.0645 e. The number of nitrogens with zero attached hydrogens (tertiary/aromatic N) is 2. The Hall–Kier alpha value is -1.28. The highest BCUT2D eigenvalue weighted by Crippen LogP contribution is 2.37. The molecule has 0 amide bonds. The summed E-state index contributed by atoms with van der Waals surface area (Å²) in [4.78, 5) is 0. The minimum Gasteiger partial charge on any atom is -0.241 e.